The SMILES string of the molecule is COC(=O)Cc1cc(F)c(Cl)cc1Cl. The molecule has 0 aliphatic rings. The fraction of sp³-hybridized carbons (Fsp3) is 0.222. The van der Waals surface area contributed by atoms with Crippen molar-refractivity contribution in [3.8, 4) is 0 Å². The molecule has 0 saturated heterocycles. The van der Waals surface area contributed by atoms with E-state index in [0.717, 1.165) is 6.07 Å². The Hall–Kier alpha value is -0.800. The molecule has 14 heavy (non-hydrogen) atoms. The molecule has 1 aromatic carbocycles. The molecule has 0 bridgehead atoms. The van der Waals surface area contributed by atoms with Crippen molar-refractivity contribution >= 4 is 29.2 Å². The molecular formula is C9H7Cl2FO2. The smallest absolute Gasteiger partial charge is 0.310 e. The molecule has 1 rings (SSSR count). The zero-order valence-corrected chi connectivity index (χ0v) is 8.82. The molecule has 0 saturated carbocycles. The fourth-order valence-corrected chi connectivity index (χ4v) is 1.38. The second kappa shape index (κ2) is 4.62. The Balaban J connectivity index is 2.98. The van der Waals surface area contributed by atoms with E-state index in [1.54, 1.807) is 0 Å². The first kappa shape index (κ1) is 11.3. The number of esters is 1. The van der Waals surface area contributed by atoms with Crippen molar-refractivity contribution < 1.29 is 13.9 Å². The summed E-state index contributed by atoms with van der Waals surface area (Å²) in [6, 6.07) is 2.39. The van der Waals surface area contributed by atoms with Crippen molar-refractivity contribution in [3.63, 3.8) is 0 Å². The lowest BCUT2D eigenvalue weighted by atomic mass is 10.1. The highest BCUT2D eigenvalue weighted by molar-refractivity contribution is 6.35. The lowest BCUT2D eigenvalue weighted by molar-refractivity contribution is -0.139. The van der Waals surface area contributed by atoms with E-state index in [1.807, 2.05) is 0 Å². The molecule has 76 valence electrons. The highest BCUT2D eigenvalue weighted by Crippen LogP contribution is 2.24. The molecule has 0 fully saturated rings. The minimum atomic E-state index is -0.602. The third kappa shape index (κ3) is 2.59. The summed E-state index contributed by atoms with van der Waals surface area (Å²) in [7, 11) is 1.25. The number of carbonyl (C=O) groups excluding carboxylic acids is 1. The number of halogens is 3. The van der Waals surface area contributed by atoms with Crippen molar-refractivity contribution in [1.29, 1.82) is 0 Å². The van der Waals surface area contributed by atoms with Gasteiger partial charge < -0.3 is 4.74 Å². The Labute approximate surface area is 90.6 Å². The quantitative estimate of drug-likeness (QED) is 0.583. The number of rotatable bonds is 2. The van der Waals surface area contributed by atoms with Gasteiger partial charge in [0.2, 0.25) is 0 Å². The Morgan fingerprint density at radius 3 is 2.64 bits per heavy atom. The lowest BCUT2D eigenvalue weighted by Crippen LogP contribution is -2.05. The highest BCUT2D eigenvalue weighted by Gasteiger charge is 2.10. The molecular weight excluding hydrogens is 230 g/mol. The van der Waals surface area contributed by atoms with Crippen LogP contribution < -0.4 is 0 Å². The first-order valence-electron chi connectivity index (χ1n) is 3.75. The largest absolute Gasteiger partial charge is 0.469 e. The third-order valence-corrected chi connectivity index (χ3v) is 2.29. The van der Waals surface area contributed by atoms with Crippen molar-refractivity contribution in [2.45, 2.75) is 6.42 Å². The summed E-state index contributed by atoms with van der Waals surface area (Å²) in [5.41, 5.74) is 0.361. The van der Waals surface area contributed by atoms with Gasteiger partial charge in [-0.2, -0.15) is 0 Å². The number of hydrogen-bond acceptors (Lipinski definition) is 2. The van der Waals surface area contributed by atoms with Crippen molar-refractivity contribution in [2.24, 2.45) is 0 Å². The van der Waals surface area contributed by atoms with Gasteiger partial charge in [-0.05, 0) is 17.7 Å². The maximum absolute atomic E-state index is 13.0. The van der Waals surface area contributed by atoms with E-state index < -0.39 is 11.8 Å². The van der Waals surface area contributed by atoms with Crippen LogP contribution in [0.3, 0.4) is 0 Å². The summed E-state index contributed by atoms with van der Waals surface area (Å²) in [5.74, 6) is -1.08. The molecule has 0 unspecified atom stereocenters. The average molecular weight is 237 g/mol. The Morgan fingerprint density at radius 1 is 1.43 bits per heavy atom. The highest BCUT2D eigenvalue weighted by atomic mass is 35.5. The van der Waals surface area contributed by atoms with Crippen LogP contribution >= 0.6 is 23.2 Å². The second-order valence-electron chi connectivity index (χ2n) is 2.61. The topological polar surface area (TPSA) is 26.3 Å². The van der Waals surface area contributed by atoms with Gasteiger partial charge in [-0.3, -0.25) is 4.79 Å². The van der Waals surface area contributed by atoms with Gasteiger partial charge in [0.25, 0.3) is 0 Å². The van der Waals surface area contributed by atoms with Gasteiger partial charge in [-0.15, -0.1) is 0 Å². The molecule has 0 amide bonds. The van der Waals surface area contributed by atoms with Crippen LogP contribution in [-0.2, 0) is 16.0 Å². The van der Waals surface area contributed by atoms with E-state index in [1.165, 1.54) is 13.2 Å². The predicted molar refractivity (Wildman–Crippen MR) is 52.1 cm³/mol. The van der Waals surface area contributed by atoms with Gasteiger partial charge in [-0.25, -0.2) is 4.39 Å². The van der Waals surface area contributed by atoms with Crippen LogP contribution in [0.5, 0.6) is 0 Å². The predicted octanol–water partition coefficient (Wildman–Crippen LogP) is 2.85. The lowest BCUT2D eigenvalue weighted by Gasteiger charge is -2.04. The molecule has 0 heterocycles. The first-order valence-corrected chi connectivity index (χ1v) is 4.50. The summed E-state index contributed by atoms with van der Waals surface area (Å²) in [5, 5.41) is 0.186. The van der Waals surface area contributed by atoms with Crippen molar-refractivity contribution in [1.82, 2.24) is 0 Å². The van der Waals surface area contributed by atoms with Gasteiger partial charge in [0.15, 0.2) is 0 Å². The maximum Gasteiger partial charge on any atom is 0.310 e. The maximum atomic E-state index is 13.0. The number of hydrogen-bond donors (Lipinski definition) is 0. The summed E-state index contributed by atoms with van der Waals surface area (Å²) in [4.78, 5) is 10.9. The molecule has 0 atom stereocenters. The Kier molecular flexibility index (Phi) is 3.72. The van der Waals surface area contributed by atoms with E-state index >= 15 is 0 Å². The van der Waals surface area contributed by atoms with E-state index in [4.69, 9.17) is 23.2 Å². The van der Waals surface area contributed by atoms with Crippen LogP contribution in [0.2, 0.25) is 10.0 Å². The third-order valence-electron chi connectivity index (χ3n) is 1.65. The Bertz CT molecular complexity index is 366. The molecule has 0 aliphatic heterocycles. The van der Waals surface area contributed by atoms with Gasteiger partial charge >= 0.3 is 5.97 Å². The minimum Gasteiger partial charge on any atom is -0.469 e. The zero-order chi connectivity index (χ0) is 10.7. The summed E-state index contributed by atoms with van der Waals surface area (Å²) in [6.07, 6.45) is -0.0660. The average Bonchev–Trinajstić information content (AvgIpc) is 2.14. The van der Waals surface area contributed by atoms with Crippen LogP contribution in [-0.4, -0.2) is 13.1 Å². The van der Waals surface area contributed by atoms with E-state index in [-0.39, 0.29) is 16.5 Å². The number of carbonyl (C=O) groups is 1. The second-order valence-corrected chi connectivity index (χ2v) is 3.43. The summed E-state index contributed by atoms with van der Waals surface area (Å²) in [6.45, 7) is 0. The van der Waals surface area contributed by atoms with E-state index in [0.29, 0.717) is 5.56 Å². The summed E-state index contributed by atoms with van der Waals surface area (Å²) < 4.78 is 17.4. The van der Waals surface area contributed by atoms with Crippen LogP contribution in [0.4, 0.5) is 4.39 Å². The fourth-order valence-electron chi connectivity index (χ4n) is 0.927. The monoisotopic (exact) mass is 236 g/mol. The normalized spacial score (nSPS) is 10.0. The zero-order valence-electron chi connectivity index (χ0n) is 7.31. The minimum absolute atomic E-state index is 0.0660. The van der Waals surface area contributed by atoms with Gasteiger partial charge in [0.05, 0.1) is 18.6 Å². The number of ether oxygens (including phenoxy) is 1. The van der Waals surface area contributed by atoms with Crippen LogP contribution in [0.1, 0.15) is 5.56 Å². The number of benzene rings is 1. The van der Waals surface area contributed by atoms with Gasteiger partial charge in [-0.1, -0.05) is 23.2 Å². The molecule has 0 aromatic heterocycles. The van der Waals surface area contributed by atoms with Gasteiger partial charge in [0.1, 0.15) is 5.82 Å². The van der Waals surface area contributed by atoms with Crippen LogP contribution in [0.15, 0.2) is 12.1 Å². The van der Waals surface area contributed by atoms with Crippen molar-refractivity contribution in [2.75, 3.05) is 7.11 Å². The van der Waals surface area contributed by atoms with Crippen LogP contribution in [0.25, 0.3) is 0 Å². The standard InChI is InChI=1S/C9H7Cl2FO2/c1-14-9(13)3-5-2-8(12)7(11)4-6(5)10/h2,4H,3H2,1H3. The molecule has 1 aromatic rings. The molecule has 2 nitrogen and oxygen atoms in total. The summed E-state index contributed by atoms with van der Waals surface area (Å²) >= 11 is 11.2. The molecule has 0 spiro atoms. The Morgan fingerprint density at radius 2 is 2.07 bits per heavy atom. The van der Waals surface area contributed by atoms with Crippen LogP contribution in [0, 0.1) is 5.82 Å². The number of methoxy groups -OCH3 is 1. The first-order chi connectivity index (χ1) is 6.54. The molecule has 0 aliphatic carbocycles. The van der Waals surface area contributed by atoms with E-state index in [2.05, 4.69) is 4.74 Å². The van der Waals surface area contributed by atoms with Crippen molar-refractivity contribution in [3.05, 3.63) is 33.6 Å². The molecule has 5 heteroatoms. The van der Waals surface area contributed by atoms with E-state index in [9.17, 15) is 9.18 Å². The molecule has 0 radical (unpaired) electrons. The molecule has 0 N–H and O–H groups in total. The van der Waals surface area contributed by atoms with Gasteiger partial charge in [0, 0.05) is 5.02 Å².